The van der Waals surface area contributed by atoms with Crippen LogP contribution < -0.4 is 5.73 Å². The molecule has 1 aliphatic carbocycles. The Balaban J connectivity index is 0.00000144. The molecule has 1 heterocycles. The Hall–Kier alpha value is 0.210. The molecule has 0 bridgehead atoms. The summed E-state index contributed by atoms with van der Waals surface area (Å²) in [6.07, 6.45) is 8.53. The molecule has 0 amide bonds. The molecule has 1 aliphatic heterocycles. The molecule has 2 N–H and O–H groups in total. The van der Waals surface area contributed by atoms with Crippen molar-refractivity contribution in [2.75, 3.05) is 26.2 Å². The highest BCUT2D eigenvalue weighted by Gasteiger charge is 2.24. The Morgan fingerprint density at radius 1 is 1.06 bits per heavy atom. The van der Waals surface area contributed by atoms with Gasteiger partial charge in [0, 0.05) is 6.54 Å². The number of hydrogen-bond donors (Lipinski definition) is 1. The van der Waals surface area contributed by atoms with Crippen LogP contribution in [0.4, 0.5) is 0 Å². The van der Waals surface area contributed by atoms with Gasteiger partial charge in [-0.05, 0) is 63.1 Å². The van der Waals surface area contributed by atoms with Crippen molar-refractivity contribution in [1.82, 2.24) is 4.90 Å². The third kappa shape index (κ3) is 4.76. The summed E-state index contributed by atoms with van der Waals surface area (Å²) in [6, 6.07) is 0. The standard InChI is InChI=1S/C14H28N2.ClH/c1-12-3-2-4-14(9-12)11-16-7-5-13(10-15)6-8-16;/h12-14H,2-11,15H2,1H3;1H. The molecule has 2 fully saturated rings. The summed E-state index contributed by atoms with van der Waals surface area (Å²) in [7, 11) is 0. The van der Waals surface area contributed by atoms with Crippen LogP contribution in [0.2, 0.25) is 0 Å². The summed E-state index contributed by atoms with van der Waals surface area (Å²) in [6.45, 7) is 7.28. The molecule has 2 atom stereocenters. The maximum atomic E-state index is 5.73. The van der Waals surface area contributed by atoms with Crippen LogP contribution in [0.15, 0.2) is 0 Å². The van der Waals surface area contributed by atoms with E-state index in [-0.39, 0.29) is 12.4 Å². The number of nitrogens with two attached hydrogens (primary N) is 1. The third-order valence-electron chi connectivity index (χ3n) is 4.60. The maximum Gasteiger partial charge on any atom is 0.000976 e. The quantitative estimate of drug-likeness (QED) is 0.846. The number of rotatable bonds is 3. The molecule has 2 unspecified atom stereocenters. The van der Waals surface area contributed by atoms with Crippen molar-refractivity contribution >= 4 is 12.4 Å². The highest BCUT2D eigenvalue weighted by atomic mass is 35.5. The van der Waals surface area contributed by atoms with E-state index in [1.807, 2.05) is 0 Å². The van der Waals surface area contributed by atoms with Gasteiger partial charge in [0.05, 0.1) is 0 Å². The number of likely N-dealkylation sites (tertiary alicyclic amines) is 1. The lowest BCUT2D eigenvalue weighted by molar-refractivity contribution is 0.137. The molecule has 0 spiro atoms. The summed E-state index contributed by atoms with van der Waals surface area (Å²) < 4.78 is 0. The van der Waals surface area contributed by atoms with E-state index in [0.29, 0.717) is 0 Å². The normalized spacial score (nSPS) is 32.1. The Labute approximate surface area is 113 Å². The molecular formula is C14H29ClN2. The van der Waals surface area contributed by atoms with Gasteiger partial charge in [-0.1, -0.05) is 19.8 Å². The molecule has 2 rings (SSSR count). The van der Waals surface area contributed by atoms with Crippen molar-refractivity contribution < 1.29 is 0 Å². The van der Waals surface area contributed by atoms with Gasteiger partial charge in [0.15, 0.2) is 0 Å². The van der Waals surface area contributed by atoms with Crippen molar-refractivity contribution in [3.05, 3.63) is 0 Å². The molecule has 0 aromatic rings. The van der Waals surface area contributed by atoms with Gasteiger partial charge in [-0.25, -0.2) is 0 Å². The van der Waals surface area contributed by atoms with Crippen LogP contribution in [0.25, 0.3) is 0 Å². The van der Waals surface area contributed by atoms with Crippen LogP contribution >= 0.6 is 12.4 Å². The second kappa shape index (κ2) is 7.60. The first-order valence-electron chi connectivity index (χ1n) is 7.20. The molecule has 2 nitrogen and oxygen atoms in total. The summed E-state index contributed by atoms with van der Waals surface area (Å²) in [5, 5.41) is 0. The first-order valence-corrected chi connectivity index (χ1v) is 7.20. The molecule has 0 aromatic heterocycles. The Bertz CT molecular complexity index is 202. The molecule has 3 heteroatoms. The van der Waals surface area contributed by atoms with Crippen molar-refractivity contribution in [2.45, 2.75) is 45.4 Å². The fourth-order valence-electron chi connectivity index (χ4n) is 3.50. The number of hydrogen-bond acceptors (Lipinski definition) is 2. The Morgan fingerprint density at radius 3 is 2.35 bits per heavy atom. The zero-order valence-corrected chi connectivity index (χ0v) is 12.1. The van der Waals surface area contributed by atoms with Crippen LogP contribution in [0, 0.1) is 17.8 Å². The SMILES string of the molecule is CC1CCCC(CN2CCC(CN)CC2)C1.Cl. The van der Waals surface area contributed by atoms with Gasteiger partial charge in [0.1, 0.15) is 0 Å². The first-order chi connectivity index (χ1) is 7.78. The van der Waals surface area contributed by atoms with Crippen LogP contribution in [0.3, 0.4) is 0 Å². The lowest BCUT2D eigenvalue weighted by Gasteiger charge is -2.36. The van der Waals surface area contributed by atoms with E-state index in [4.69, 9.17) is 5.73 Å². The lowest BCUT2D eigenvalue weighted by atomic mass is 9.82. The van der Waals surface area contributed by atoms with Crippen molar-refractivity contribution in [1.29, 1.82) is 0 Å². The number of nitrogens with zero attached hydrogens (tertiary/aromatic N) is 1. The number of halogens is 1. The zero-order valence-electron chi connectivity index (χ0n) is 11.2. The second-order valence-electron chi connectivity index (χ2n) is 6.12. The van der Waals surface area contributed by atoms with Gasteiger partial charge in [-0.15, -0.1) is 12.4 Å². The van der Waals surface area contributed by atoms with Gasteiger partial charge in [0.25, 0.3) is 0 Å². The minimum absolute atomic E-state index is 0. The van der Waals surface area contributed by atoms with Crippen molar-refractivity contribution in [2.24, 2.45) is 23.5 Å². The van der Waals surface area contributed by atoms with E-state index in [1.54, 1.807) is 0 Å². The highest BCUT2D eigenvalue weighted by Crippen LogP contribution is 2.30. The monoisotopic (exact) mass is 260 g/mol. The van der Waals surface area contributed by atoms with Crippen molar-refractivity contribution in [3.8, 4) is 0 Å². The van der Waals surface area contributed by atoms with E-state index in [2.05, 4.69) is 11.8 Å². The number of piperidine rings is 1. The minimum Gasteiger partial charge on any atom is -0.330 e. The molecular weight excluding hydrogens is 232 g/mol. The maximum absolute atomic E-state index is 5.73. The van der Waals surface area contributed by atoms with Crippen LogP contribution in [0.5, 0.6) is 0 Å². The topological polar surface area (TPSA) is 29.3 Å². The fourth-order valence-corrected chi connectivity index (χ4v) is 3.50. The van der Waals surface area contributed by atoms with Crippen LogP contribution in [-0.2, 0) is 0 Å². The van der Waals surface area contributed by atoms with E-state index >= 15 is 0 Å². The average molecular weight is 261 g/mol. The smallest absolute Gasteiger partial charge is 0.000976 e. The fraction of sp³-hybridized carbons (Fsp3) is 1.00. The molecule has 0 aromatic carbocycles. The molecule has 0 radical (unpaired) electrons. The Kier molecular flexibility index (Phi) is 6.83. The predicted molar refractivity (Wildman–Crippen MR) is 76.6 cm³/mol. The molecule has 1 saturated carbocycles. The highest BCUT2D eigenvalue weighted by molar-refractivity contribution is 5.85. The van der Waals surface area contributed by atoms with E-state index < -0.39 is 0 Å². The van der Waals surface area contributed by atoms with Gasteiger partial charge in [-0.2, -0.15) is 0 Å². The van der Waals surface area contributed by atoms with Crippen molar-refractivity contribution in [3.63, 3.8) is 0 Å². The van der Waals surface area contributed by atoms with Gasteiger partial charge < -0.3 is 10.6 Å². The minimum atomic E-state index is 0. The van der Waals surface area contributed by atoms with E-state index in [0.717, 1.165) is 24.3 Å². The average Bonchev–Trinajstić information content (AvgIpc) is 2.30. The predicted octanol–water partition coefficient (Wildman–Crippen LogP) is 2.91. The van der Waals surface area contributed by atoms with E-state index in [1.165, 1.54) is 58.2 Å². The lowest BCUT2D eigenvalue weighted by Crippen LogP contribution is -2.39. The van der Waals surface area contributed by atoms with Gasteiger partial charge >= 0.3 is 0 Å². The van der Waals surface area contributed by atoms with Crippen LogP contribution in [-0.4, -0.2) is 31.1 Å². The second-order valence-corrected chi connectivity index (χ2v) is 6.12. The first kappa shape index (κ1) is 15.3. The van der Waals surface area contributed by atoms with E-state index in [9.17, 15) is 0 Å². The summed E-state index contributed by atoms with van der Waals surface area (Å²) in [5.41, 5.74) is 5.73. The molecule has 17 heavy (non-hydrogen) atoms. The largest absolute Gasteiger partial charge is 0.330 e. The van der Waals surface area contributed by atoms with Gasteiger partial charge in [0.2, 0.25) is 0 Å². The molecule has 102 valence electrons. The molecule has 1 saturated heterocycles. The van der Waals surface area contributed by atoms with Gasteiger partial charge in [-0.3, -0.25) is 0 Å². The summed E-state index contributed by atoms with van der Waals surface area (Å²) in [5.74, 6) is 2.76. The zero-order chi connectivity index (χ0) is 11.4. The summed E-state index contributed by atoms with van der Waals surface area (Å²) >= 11 is 0. The third-order valence-corrected chi connectivity index (χ3v) is 4.60. The molecule has 2 aliphatic rings. The summed E-state index contributed by atoms with van der Waals surface area (Å²) in [4.78, 5) is 2.69. The van der Waals surface area contributed by atoms with Crippen LogP contribution in [0.1, 0.15) is 45.4 Å². The Morgan fingerprint density at radius 2 is 1.76 bits per heavy atom.